The highest BCUT2D eigenvalue weighted by Gasteiger charge is 2.52. The highest BCUT2D eigenvalue weighted by Crippen LogP contribution is 2.45. The second kappa shape index (κ2) is 4.75. The number of hydrogen-bond acceptors (Lipinski definition) is 5. The fourth-order valence-electron chi connectivity index (χ4n) is 2.63. The Labute approximate surface area is 120 Å². The van der Waals surface area contributed by atoms with Crippen LogP contribution in [-0.2, 0) is 14.0 Å². The maximum absolute atomic E-state index is 9.62. The number of ether oxygens (including phenoxy) is 1. The molecule has 3 heterocycles. The van der Waals surface area contributed by atoms with E-state index in [0.29, 0.717) is 13.2 Å². The molecule has 0 bridgehead atoms. The number of rotatable bonds is 2. The molecule has 0 spiro atoms. The van der Waals surface area contributed by atoms with Crippen molar-refractivity contribution < 1.29 is 19.2 Å². The zero-order chi connectivity index (χ0) is 13.6. The van der Waals surface area contributed by atoms with Crippen molar-refractivity contribution in [2.45, 2.75) is 18.6 Å². The predicted octanol–water partition coefficient (Wildman–Crippen LogP) is 0.642. The Kier molecular flexibility index (Phi) is 3.35. The van der Waals surface area contributed by atoms with Crippen molar-refractivity contribution in [1.82, 2.24) is 0 Å². The standard InChI is InChI=1S/C12H15BBrNO4/c1-12(6-16)8-5-17-3-2-7-10(8)13(19-12)18-9(4-15)11(7)14/h2-3,9,16H,4-6,15H2,1H3/t9?,12-/m0/s1. The van der Waals surface area contributed by atoms with Crippen LogP contribution in [0.2, 0.25) is 0 Å². The average Bonchev–Trinajstić information content (AvgIpc) is 2.58. The molecule has 0 saturated heterocycles. The number of aliphatic hydroxyl groups excluding tert-OH is 1. The molecule has 3 aliphatic heterocycles. The Hall–Kier alpha value is -0.595. The molecule has 0 amide bonds. The van der Waals surface area contributed by atoms with Gasteiger partial charge in [0.25, 0.3) is 0 Å². The Morgan fingerprint density at radius 3 is 3.11 bits per heavy atom. The molecule has 0 aromatic rings. The SMILES string of the molecule is C[C@@]1(CO)OB2OC(CN)C(Br)=C3C=COCC1=C23. The summed E-state index contributed by atoms with van der Waals surface area (Å²) in [6.45, 7) is 2.47. The lowest BCUT2D eigenvalue weighted by Gasteiger charge is -2.29. The summed E-state index contributed by atoms with van der Waals surface area (Å²) >= 11 is 3.55. The third-order valence-electron chi connectivity index (χ3n) is 3.76. The summed E-state index contributed by atoms with van der Waals surface area (Å²) in [4.78, 5) is 0. The summed E-state index contributed by atoms with van der Waals surface area (Å²) < 4.78 is 18.1. The van der Waals surface area contributed by atoms with E-state index >= 15 is 0 Å². The van der Waals surface area contributed by atoms with Gasteiger partial charge in [-0.2, -0.15) is 0 Å². The van der Waals surface area contributed by atoms with Gasteiger partial charge in [-0.25, -0.2) is 0 Å². The van der Waals surface area contributed by atoms with E-state index in [9.17, 15) is 5.11 Å². The zero-order valence-electron chi connectivity index (χ0n) is 10.6. The molecule has 0 fully saturated rings. The number of aliphatic hydroxyl groups is 1. The molecule has 7 heteroatoms. The molecule has 3 N–H and O–H groups in total. The molecule has 5 nitrogen and oxygen atoms in total. The normalized spacial score (nSPS) is 33.5. The van der Waals surface area contributed by atoms with Crippen molar-refractivity contribution in [2.24, 2.45) is 5.73 Å². The van der Waals surface area contributed by atoms with Crippen molar-refractivity contribution in [1.29, 1.82) is 0 Å². The molecule has 102 valence electrons. The summed E-state index contributed by atoms with van der Waals surface area (Å²) in [7, 11) is -0.497. The molecule has 2 atom stereocenters. The van der Waals surface area contributed by atoms with Crippen LogP contribution in [-0.4, -0.2) is 43.7 Å². The van der Waals surface area contributed by atoms with E-state index in [1.165, 1.54) is 0 Å². The monoisotopic (exact) mass is 327 g/mol. The lowest BCUT2D eigenvalue weighted by molar-refractivity contribution is 0.0296. The molecule has 0 saturated carbocycles. The second-order valence-corrected chi connectivity index (χ2v) is 5.82. The van der Waals surface area contributed by atoms with Crippen LogP contribution in [0.1, 0.15) is 6.92 Å². The summed E-state index contributed by atoms with van der Waals surface area (Å²) in [5.41, 5.74) is 7.80. The molecule has 0 aromatic carbocycles. The number of hydrogen-bond donors (Lipinski definition) is 2. The Bertz CT molecular complexity index is 504. The Morgan fingerprint density at radius 2 is 2.42 bits per heavy atom. The smallest absolute Gasteiger partial charge is 0.495 e. The first-order chi connectivity index (χ1) is 9.10. The van der Waals surface area contributed by atoms with Crippen LogP contribution in [0.15, 0.2) is 33.4 Å². The van der Waals surface area contributed by atoms with Crippen LogP contribution in [0.4, 0.5) is 0 Å². The molecular formula is C12H15BBrNO4. The predicted molar refractivity (Wildman–Crippen MR) is 74.3 cm³/mol. The molecule has 3 aliphatic rings. The minimum atomic E-state index is -0.770. The third kappa shape index (κ3) is 1.92. The molecule has 0 aliphatic carbocycles. The molecule has 3 rings (SSSR count). The lowest BCUT2D eigenvalue weighted by atomic mass is 9.70. The van der Waals surface area contributed by atoms with Crippen LogP contribution in [0.5, 0.6) is 0 Å². The summed E-state index contributed by atoms with van der Waals surface area (Å²) in [6, 6.07) is 0. The summed E-state index contributed by atoms with van der Waals surface area (Å²) in [5.74, 6) is 0. The fraction of sp³-hybridized carbons (Fsp3) is 0.500. The van der Waals surface area contributed by atoms with Crippen molar-refractivity contribution in [2.75, 3.05) is 19.8 Å². The van der Waals surface area contributed by atoms with Gasteiger partial charge in [-0.05, 0) is 29.6 Å². The maximum atomic E-state index is 9.62. The van der Waals surface area contributed by atoms with Gasteiger partial charge < -0.3 is 24.9 Å². The van der Waals surface area contributed by atoms with Crippen molar-refractivity contribution >= 4 is 23.0 Å². The molecule has 1 unspecified atom stereocenters. The van der Waals surface area contributed by atoms with Crippen molar-refractivity contribution in [3.63, 3.8) is 0 Å². The summed E-state index contributed by atoms with van der Waals surface area (Å²) in [6.07, 6.45) is 3.30. The van der Waals surface area contributed by atoms with E-state index in [1.54, 1.807) is 6.26 Å². The van der Waals surface area contributed by atoms with Crippen LogP contribution < -0.4 is 5.73 Å². The van der Waals surface area contributed by atoms with E-state index < -0.39 is 12.7 Å². The highest BCUT2D eigenvalue weighted by molar-refractivity contribution is 9.11. The average molecular weight is 328 g/mol. The third-order valence-corrected chi connectivity index (χ3v) is 4.70. The number of nitrogens with two attached hydrogens (primary N) is 1. The van der Waals surface area contributed by atoms with Crippen molar-refractivity contribution in [3.05, 3.63) is 33.4 Å². The van der Waals surface area contributed by atoms with Gasteiger partial charge in [0, 0.05) is 11.0 Å². The van der Waals surface area contributed by atoms with E-state index in [2.05, 4.69) is 15.9 Å². The Balaban J connectivity index is 2.16. The number of allylic oxidation sites excluding steroid dienone is 3. The molecular weight excluding hydrogens is 313 g/mol. The van der Waals surface area contributed by atoms with E-state index in [4.69, 9.17) is 19.8 Å². The zero-order valence-corrected chi connectivity index (χ0v) is 12.1. The van der Waals surface area contributed by atoms with Gasteiger partial charge >= 0.3 is 7.12 Å². The lowest BCUT2D eigenvalue weighted by Crippen LogP contribution is -2.41. The first-order valence-corrected chi connectivity index (χ1v) is 6.96. The van der Waals surface area contributed by atoms with Gasteiger partial charge in [0.15, 0.2) is 0 Å². The first-order valence-electron chi connectivity index (χ1n) is 6.16. The molecule has 0 radical (unpaired) electrons. The topological polar surface area (TPSA) is 73.9 Å². The highest BCUT2D eigenvalue weighted by atomic mass is 79.9. The van der Waals surface area contributed by atoms with E-state index in [1.807, 2.05) is 13.0 Å². The molecule has 0 aromatic heterocycles. The van der Waals surface area contributed by atoms with Crippen LogP contribution >= 0.6 is 15.9 Å². The van der Waals surface area contributed by atoms with Gasteiger partial charge in [0.1, 0.15) is 6.61 Å². The minimum Gasteiger partial charge on any atom is -0.497 e. The van der Waals surface area contributed by atoms with Gasteiger partial charge in [-0.1, -0.05) is 15.9 Å². The maximum Gasteiger partial charge on any atom is 0.495 e. The van der Waals surface area contributed by atoms with Crippen LogP contribution in [0.25, 0.3) is 0 Å². The quantitative estimate of drug-likeness (QED) is 0.728. The van der Waals surface area contributed by atoms with E-state index in [-0.39, 0.29) is 12.7 Å². The van der Waals surface area contributed by atoms with Crippen LogP contribution in [0.3, 0.4) is 0 Å². The number of halogens is 1. The van der Waals surface area contributed by atoms with Gasteiger partial charge in [0.05, 0.1) is 24.6 Å². The fourth-order valence-corrected chi connectivity index (χ4v) is 3.27. The van der Waals surface area contributed by atoms with Gasteiger partial charge in [0.2, 0.25) is 0 Å². The van der Waals surface area contributed by atoms with Crippen molar-refractivity contribution in [3.8, 4) is 0 Å². The first kappa shape index (κ1) is 13.4. The largest absolute Gasteiger partial charge is 0.497 e. The Morgan fingerprint density at radius 1 is 1.63 bits per heavy atom. The second-order valence-electron chi connectivity index (χ2n) is 4.97. The summed E-state index contributed by atoms with van der Waals surface area (Å²) in [5, 5.41) is 9.62. The van der Waals surface area contributed by atoms with E-state index in [0.717, 1.165) is 21.1 Å². The minimum absolute atomic E-state index is 0.118. The molecule has 19 heavy (non-hydrogen) atoms. The van der Waals surface area contributed by atoms with Crippen LogP contribution in [0, 0.1) is 0 Å². The van der Waals surface area contributed by atoms with Gasteiger partial charge in [-0.15, -0.1) is 0 Å². The van der Waals surface area contributed by atoms with Gasteiger partial charge in [-0.3, -0.25) is 0 Å².